The van der Waals surface area contributed by atoms with Crippen molar-refractivity contribution in [3.8, 4) is 6.01 Å². The second kappa shape index (κ2) is 11.2. The second-order valence-corrected chi connectivity index (χ2v) is 9.82. The highest BCUT2D eigenvalue weighted by Gasteiger charge is 2.25. The van der Waals surface area contributed by atoms with Crippen LogP contribution in [0, 0.1) is 5.92 Å². The van der Waals surface area contributed by atoms with Crippen molar-refractivity contribution in [2.45, 2.75) is 83.8 Å². The zero-order valence-electron chi connectivity index (χ0n) is 19.4. The molecule has 0 radical (unpaired) electrons. The fraction of sp³-hybridized carbons (Fsp3) is 0.783. The molecule has 7 nitrogen and oxygen atoms in total. The largest absolute Gasteiger partial charge is 0.457 e. The number of ether oxygens (including phenoxy) is 2. The Kier molecular flexibility index (Phi) is 8.62. The lowest BCUT2D eigenvalue weighted by molar-refractivity contribution is 0.0486. The molecule has 9 heteroatoms. The molecule has 1 aliphatic carbocycles. The topological polar surface area (TPSA) is 76.6 Å². The predicted molar refractivity (Wildman–Crippen MR) is 117 cm³/mol. The average molecular weight is 455 g/mol. The Morgan fingerprint density at radius 2 is 1.94 bits per heavy atom. The lowest BCUT2D eigenvalue weighted by Crippen LogP contribution is -2.41. The van der Waals surface area contributed by atoms with Gasteiger partial charge in [0.1, 0.15) is 5.60 Å². The number of alkyl halides is 2. The van der Waals surface area contributed by atoms with Gasteiger partial charge in [-0.3, -0.25) is 0 Å². The van der Waals surface area contributed by atoms with E-state index >= 15 is 0 Å². The molecule has 1 aromatic heterocycles. The number of rotatable bonds is 7. The van der Waals surface area contributed by atoms with Crippen molar-refractivity contribution in [2.24, 2.45) is 5.92 Å². The van der Waals surface area contributed by atoms with Crippen LogP contribution in [0.2, 0.25) is 0 Å². The minimum absolute atomic E-state index is 0.0363. The van der Waals surface area contributed by atoms with E-state index in [0.29, 0.717) is 5.92 Å². The van der Waals surface area contributed by atoms with Crippen LogP contribution in [-0.2, 0) is 17.6 Å². The second-order valence-electron chi connectivity index (χ2n) is 9.82. The molecule has 1 aromatic rings. The standard InChI is InChI=1S/C23H36F2N4O3/c1-23(2,3)32-22(30)27-18-6-4-16(5-7-18)8-11-29-12-9-17-14-26-21(31-15-20(24)25)28-19(17)10-13-29/h14,16,18,20H,4-13,15H2,1-3H3,(H,27,30)/t16-,18-. The SMILES string of the molecule is CC(C)(C)OC(=O)N[C@H]1CC[C@H](CCN2CCc3cnc(OCC(F)F)nc3CC2)CC1. The summed E-state index contributed by atoms with van der Waals surface area (Å²) in [6, 6.07) is 0.239. The van der Waals surface area contributed by atoms with Gasteiger partial charge in [0.05, 0.1) is 5.69 Å². The van der Waals surface area contributed by atoms with Crippen LogP contribution >= 0.6 is 0 Å². The van der Waals surface area contributed by atoms with Crippen molar-refractivity contribution in [1.82, 2.24) is 20.2 Å². The summed E-state index contributed by atoms with van der Waals surface area (Å²) in [6.45, 7) is 7.81. The van der Waals surface area contributed by atoms with Gasteiger partial charge in [0, 0.05) is 31.7 Å². The molecular weight excluding hydrogens is 418 g/mol. The molecule has 3 rings (SSSR count). The van der Waals surface area contributed by atoms with E-state index in [1.807, 2.05) is 20.8 Å². The summed E-state index contributed by atoms with van der Waals surface area (Å²) in [5.74, 6) is 0.673. The lowest BCUT2D eigenvalue weighted by atomic mass is 9.84. The first kappa shape index (κ1) is 24.6. The Labute approximate surface area is 189 Å². The molecule has 1 amide bonds. The van der Waals surface area contributed by atoms with Crippen LogP contribution < -0.4 is 10.1 Å². The highest BCUT2D eigenvalue weighted by Crippen LogP contribution is 2.28. The summed E-state index contributed by atoms with van der Waals surface area (Å²) in [5, 5.41) is 3.00. The Morgan fingerprint density at radius 1 is 1.22 bits per heavy atom. The minimum Gasteiger partial charge on any atom is -0.457 e. The molecule has 1 saturated carbocycles. The van der Waals surface area contributed by atoms with Gasteiger partial charge in [-0.05, 0) is 77.3 Å². The quantitative estimate of drug-likeness (QED) is 0.671. The number of carbonyl (C=O) groups is 1. The summed E-state index contributed by atoms with van der Waals surface area (Å²) in [7, 11) is 0. The van der Waals surface area contributed by atoms with Gasteiger partial charge < -0.3 is 19.7 Å². The third-order valence-electron chi connectivity index (χ3n) is 6.05. The number of fused-ring (bicyclic) bond motifs is 1. The Morgan fingerprint density at radius 3 is 2.62 bits per heavy atom. The van der Waals surface area contributed by atoms with Crippen LogP contribution in [0.1, 0.15) is 64.1 Å². The average Bonchev–Trinajstić information content (AvgIpc) is 2.92. The molecule has 0 spiro atoms. The minimum atomic E-state index is -2.53. The van der Waals surface area contributed by atoms with E-state index in [0.717, 1.165) is 75.8 Å². The Balaban J connectivity index is 1.37. The van der Waals surface area contributed by atoms with Gasteiger partial charge in [0.15, 0.2) is 6.61 Å². The summed E-state index contributed by atoms with van der Waals surface area (Å²) < 4.78 is 35.0. The number of nitrogens with one attached hydrogen (secondary N) is 1. The van der Waals surface area contributed by atoms with Gasteiger partial charge in [0.2, 0.25) is 0 Å². The number of hydrogen-bond acceptors (Lipinski definition) is 6. The van der Waals surface area contributed by atoms with Crippen molar-refractivity contribution in [2.75, 3.05) is 26.2 Å². The lowest BCUT2D eigenvalue weighted by Gasteiger charge is -2.31. The van der Waals surface area contributed by atoms with E-state index in [4.69, 9.17) is 9.47 Å². The van der Waals surface area contributed by atoms with Crippen LogP contribution in [-0.4, -0.2) is 65.3 Å². The Hall–Kier alpha value is -2.03. The smallest absolute Gasteiger partial charge is 0.407 e. The van der Waals surface area contributed by atoms with E-state index in [1.54, 1.807) is 6.20 Å². The van der Waals surface area contributed by atoms with Crippen LogP contribution in [0.5, 0.6) is 6.01 Å². The molecular formula is C23H36F2N4O3. The molecule has 0 unspecified atom stereocenters. The maximum Gasteiger partial charge on any atom is 0.407 e. The molecule has 0 atom stereocenters. The number of nitrogens with zero attached hydrogens (tertiary/aromatic N) is 3. The number of halogens is 2. The third kappa shape index (κ3) is 8.15. The number of alkyl carbamates (subject to hydrolysis) is 1. The highest BCUT2D eigenvalue weighted by molar-refractivity contribution is 5.68. The van der Waals surface area contributed by atoms with E-state index < -0.39 is 18.6 Å². The monoisotopic (exact) mass is 454 g/mol. The van der Waals surface area contributed by atoms with Gasteiger partial charge in [-0.2, -0.15) is 4.98 Å². The number of aromatic nitrogens is 2. The molecule has 1 aliphatic heterocycles. The van der Waals surface area contributed by atoms with Crippen LogP contribution in [0.25, 0.3) is 0 Å². The summed E-state index contributed by atoms with van der Waals surface area (Å²) >= 11 is 0. The van der Waals surface area contributed by atoms with Gasteiger partial charge >= 0.3 is 12.1 Å². The number of carbonyl (C=O) groups excluding carboxylic acids is 1. The maximum absolute atomic E-state index is 12.3. The fourth-order valence-electron chi connectivity index (χ4n) is 4.37. The van der Waals surface area contributed by atoms with Gasteiger partial charge in [-0.25, -0.2) is 18.6 Å². The fourth-order valence-corrected chi connectivity index (χ4v) is 4.37. The first-order chi connectivity index (χ1) is 15.2. The molecule has 2 heterocycles. The van der Waals surface area contributed by atoms with Crippen molar-refractivity contribution < 1.29 is 23.0 Å². The Bertz CT molecular complexity index is 749. The van der Waals surface area contributed by atoms with Crippen molar-refractivity contribution in [3.63, 3.8) is 0 Å². The molecule has 0 bridgehead atoms. The number of amides is 1. The van der Waals surface area contributed by atoms with E-state index in [2.05, 4.69) is 20.2 Å². The molecule has 0 aromatic carbocycles. The molecule has 1 N–H and O–H groups in total. The predicted octanol–water partition coefficient (Wildman–Crippen LogP) is 3.99. The zero-order chi connectivity index (χ0) is 23.1. The molecule has 180 valence electrons. The van der Waals surface area contributed by atoms with Crippen LogP contribution in [0.4, 0.5) is 13.6 Å². The third-order valence-corrected chi connectivity index (χ3v) is 6.05. The van der Waals surface area contributed by atoms with Crippen molar-refractivity contribution >= 4 is 6.09 Å². The summed E-state index contributed by atoms with van der Waals surface area (Å²) in [6.07, 6.45) is 5.85. The summed E-state index contributed by atoms with van der Waals surface area (Å²) in [5.41, 5.74) is 1.51. The molecule has 1 fully saturated rings. The van der Waals surface area contributed by atoms with Crippen molar-refractivity contribution in [1.29, 1.82) is 0 Å². The highest BCUT2D eigenvalue weighted by atomic mass is 19.3. The van der Waals surface area contributed by atoms with E-state index in [-0.39, 0.29) is 18.1 Å². The maximum atomic E-state index is 12.3. The zero-order valence-corrected chi connectivity index (χ0v) is 19.4. The first-order valence-electron chi connectivity index (χ1n) is 11.7. The van der Waals surface area contributed by atoms with Crippen LogP contribution in [0.3, 0.4) is 0 Å². The van der Waals surface area contributed by atoms with E-state index in [9.17, 15) is 13.6 Å². The molecule has 32 heavy (non-hydrogen) atoms. The molecule has 2 aliphatic rings. The normalized spacial score (nSPS) is 22.2. The van der Waals surface area contributed by atoms with Crippen molar-refractivity contribution in [3.05, 3.63) is 17.5 Å². The first-order valence-corrected chi connectivity index (χ1v) is 11.7. The van der Waals surface area contributed by atoms with Gasteiger partial charge in [-0.15, -0.1) is 0 Å². The van der Waals surface area contributed by atoms with E-state index in [1.165, 1.54) is 0 Å². The van der Waals surface area contributed by atoms with Crippen LogP contribution in [0.15, 0.2) is 6.20 Å². The molecule has 0 saturated heterocycles. The number of hydrogen-bond donors (Lipinski definition) is 1. The van der Waals surface area contributed by atoms with Gasteiger partial charge in [-0.1, -0.05) is 0 Å². The summed E-state index contributed by atoms with van der Waals surface area (Å²) in [4.78, 5) is 22.8. The van der Waals surface area contributed by atoms with Gasteiger partial charge in [0.25, 0.3) is 6.43 Å².